The number of rotatable bonds is 14. The van der Waals surface area contributed by atoms with Gasteiger partial charge in [0.2, 0.25) is 10.0 Å². The first-order valence-electron chi connectivity index (χ1n) is 36.6. The van der Waals surface area contributed by atoms with Gasteiger partial charge in [-0.25, -0.2) is 75.0 Å². The van der Waals surface area contributed by atoms with Crippen LogP contribution in [0.25, 0.3) is 21.4 Å². The van der Waals surface area contributed by atoms with Crippen LogP contribution < -0.4 is 36.3 Å². The minimum Gasteiger partial charge on any atom is -0.399 e. The molecule has 1 aliphatic heterocycles. The SMILES string of the molecule is C.CC.CC(C)(C)CS(=O)(=O)c1ccc(-c2ncc(Cl)c(Nc3cc(C(C)(C)C)[nH]n3)n2)s1.CC(C)(C)NS(=O)(=O)c1ccc(B2OC(C)(C)C(C)(C)O2)s1.CC(C)(C)c1cc(N)n[nH]1.CC(C)(C)c1cc(Nc2nc(-c3ccc(S(N)(=O)=O)s3)ncc2Cl)n[nH]1.CC(C)(C)c1cc(Nc2nc(Br)ncc2Cl)n[nH]1.ClB(Cl)Cl.Clc1cnc(Br)nc1Br. The molecule has 0 atom stereocenters. The molecule has 1 saturated heterocycles. The highest BCUT2D eigenvalue weighted by molar-refractivity contribution is 9.11. The standard InChI is InChI=1S/C20H26ClN5O2S2.C15H17ClN6O2S2.C14H24BNO4S2.C11H13BrClN5.C7H13N3.C4HBr2ClN2.C2H6.CH4.BCl3/c1-19(2,3)11-30(27,28)16-8-7-13(29-16)18-22-10-12(21)17(24-18)23-15-9-14(25-26-15)20(4,5)6;1-15(2,3)10-6-11(22-21-10)19-13-8(16)7-18-14(20-13)9-4-5-12(25-9)26(17,23)24;1-12(2,3)16-22(17,18)11-9-8-10(21-11)15-19-13(4,5)14(6,7)20-15;1-11(2,3)7-4-8(18-17-7)15-9-6(13)5-14-10(12)16-9;1-7(2,3)5-4-6(8)10-9-5;5-3-2(7)1-8-4(6)9-3;1-2;;2-1(3)4/h7-10H,11H2,1-6H3,(H2,22,23,24,25,26);4-7H,1-3H3,(H2,17,23,24)(H2,18,19,20,21,22);8-9,16H,1-7H3;4-5H,1-3H3,(H2,14,15,16,17,18);4H,1-3H3,(H3,8,9,10);1H;1-2H3;1H4;. The zero-order chi connectivity index (χ0) is 92.0. The smallest absolute Gasteiger partial charge is 0.399 e. The Morgan fingerprint density at radius 2 is 0.836 bits per heavy atom. The van der Waals surface area contributed by atoms with Gasteiger partial charge in [-0.1, -0.05) is 178 Å². The van der Waals surface area contributed by atoms with E-state index < -0.39 is 58.7 Å². The fourth-order valence-electron chi connectivity index (χ4n) is 9.16. The Morgan fingerprint density at radius 3 is 1.16 bits per heavy atom. The monoisotopic (exact) mass is 2120 g/mol. The number of H-pyrrole nitrogens is 4. The Morgan fingerprint density at radius 1 is 0.492 bits per heavy atom. The predicted octanol–water partition coefficient (Wildman–Crippen LogP) is 21.8. The van der Waals surface area contributed by atoms with E-state index in [0.717, 1.165) is 50.2 Å². The number of nitrogens with one attached hydrogen (secondary N) is 8. The first-order chi connectivity index (χ1) is 55.3. The van der Waals surface area contributed by atoms with Crippen molar-refractivity contribution < 1.29 is 34.6 Å². The van der Waals surface area contributed by atoms with Crippen LogP contribution in [-0.4, -0.2) is 140 Å². The molecule has 0 saturated carbocycles. The second-order valence-electron chi connectivity index (χ2n) is 33.4. The number of sulfonamides is 2. The van der Waals surface area contributed by atoms with Crippen LogP contribution >= 0.6 is 163 Å². The number of aromatic amines is 4. The van der Waals surface area contributed by atoms with Gasteiger partial charge in [-0.2, -0.15) is 54.8 Å². The van der Waals surface area contributed by atoms with Gasteiger partial charge in [0.05, 0.1) is 56.5 Å². The van der Waals surface area contributed by atoms with Gasteiger partial charge in [0.25, 0.3) is 10.0 Å². The highest BCUT2D eigenvalue weighted by Gasteiger charge is 2.52. The molecule has 122 heavy (non-hydrogen) atoms. The third kappa shape index (κ3) is 34.7. The summed E-state index contributed by atoms with van der Waals surface area (Å²) in [6.07, 6.45) is 5.98. The normalized spacial score (nSPS) is 13.3. The number of nitrogens with two attached hydrogens (primary N) is 2. The van der Waals surface area contributed by atoms with Gasteiger partial charge in [0, 0.05) is 79.0 Å². The number of anilines is 7. The Labute approximate surface area is 788 Å². The summed E-state index contributed by atoms with van der Waals surface area (Å²) in [4.78, 5) is 33.5. The summed E-state index contributed by atoms with van der Waals surface area (Å²) >= 11 is 51.2. The van der Waals surface area contributed by atoms with Crippen LogP contribution in [0.2, 0.25) is 20.1 Å². The van der Waals surface area contributed by atoms with Crippen molar-refractivity contribution in [1.29, 1.82) is 0 Å². The molecule has 12 rings (SSSR count). The van der Waals surface area contributed by atoms with Crippen LogP contribution in [0.1, 0.15) is 196 Å². The minimum absolute atomic E-state index is 0. The lowest BCUT2D eigenvalue weighted by Crippen LogP contribution is -2.41. The highest BCUT2D eigenvalue weighted by atomic mass is 79.9. The van der Waals surface area contributed by atoms with Gasteiger partial charge in [-0.15, -0.1) is 34.0 Å². The van der Waals surface area contributed by atoms with Crippen molar-refractivity contribution in [2.75, 3.05) is 27.4 Å². The van der Waals surface area contributed by atoms with Crippen LogP contribution in [0, 0.1) is 5.41 Å². The van der Waals surface area contributed by atoms with Crippen molar-refractivity contribution in [2.45, 2.75) is 225 Å². The van der Waals surface area contributed by atoms with Crippen molar-refractivity contribution in [2.24, 2.45) is 10.6 Å². The number of hydrogen-bond donors (Lipinski definition) is 10. The molecule has 670 valence electrons. The van der Waals surface area contributed by atoms with E-state index in [9.17, 15) is 25.3 Å². The molecule has 12 heterocycles. The number of halogens is 10. The Balaban J connectivity index is 0.000000314. The van der Waals surface area contributed by atoms with E-state index in [1.54, 1.807) is 30.3 Å². The third-order valence-corrected chi connectivity index (χ3v) is 28.2. The van der Waals surface area contributed by atoms with Crippen molar-refractivity contribution in [3.8, 4) is 21.4 Å². The number of hydrogen-bond acceptors (Lipinski definition) is 27. The van der Waals surface area contributed by atoms with E-state index >= 15 is 0 Å². The summed E-state index contributed by atoms with van der Waals surface area (Å²) in [5.74, 6) is 4.49. The van der Waals surface area contributed by atoms with Crippen LogP contribution in [0.3, 0.4) is 0 Å². The lowest BCUT2D eigenvalue weighted by molar-refractivity contribution is 0.00578. The van der Waals surface area contributed by atoms with Crippen LogP contribution in [0.4, 0.5) is 40.7 Å². The molecule has 12 N–H and O–H groups in total. The molecule has 0 radical (unpaired) electrons. The van der Waals surface area contributed by atoms with Gasteiger partial charge in [-0.3, -0.25) is 20.4 Å². The number of nitrogens with zero attached hydrogens (tertiary/aromatic N) is 12. The van der Waals surface area contributed by atoms with Gasteiger partial charge >= 0.3 is 12.1 Å². The van der Waals surface area contributed by atoms with E-state index in [1.807, 2.05) is 107 Å². The highest BCUT2D eigenvalue weighted by Crippen LogP contribution is 2.40. The summed E-state index contributed by atoms with van der Waals surface area (Å²) in [5, 5.41) is 44.3. The van der Waals surface area contributed by atoms with E-state index in [1.165, 1.54) is 42.2 Å². The van der Waals surface area contributed by atoms with Crippen LogP contribution in [0.5, 0.6) is 0 Å². The molecule has 0 bridgehead atoms. The molecule has 11 aromatic rings. The zero-order valence-electron chi connectivity index (χ0n) is 71.0. The summed E-state index contributed by atoms with van der Waals surface area (Å²) < 4.78 is 90.4. The van der Waals surface area contributed by atoms with E-state index in [2.05, 4.69) is 232 Å². The van der Waals surface area contributed by atoms with Crippen molar-refractivity contribution >= 4 is 250 Å². The van der Waals surface area contributed by atoms with Crippen molar-refractivity contribution in [3.63, 3.8) is 0 Å². The molecule has 1 fully saturated rings. The topological polar surface area (TPSA) is 439 Å². The lowest BCUT2D eigenvalue weighted by atomic mass is 9.88. The maximum atomic E-state index is 12.7. The third-order valence-electron chi connectivity index (χ3n) is 15.8. The number of primary sulfonamides is 1. The maximum Gasteiger partial charge on any atom is 0.505 e. The molecular formula is C74H104B2Br3Cl7N22O8S6. The summed E-state index contributed by atoms with van der Waals surface area (Å²) in [5.41, 5.74) is 7.74. The Kier molecular flexibility index (Phi) is 39.9. The minimum atomic E-state index is -3.76. The van der Waals surface area contributed by atoms with Gasteiger partial charge in [0.1, 0.15) is 38.1 Å². The number of aromatic nitrogens is 16. The van der Waals surface area contributed by atoms with E-state index in [4.69, 9.17) is 101 Å². The van der Waals surface area contributed by atoms with Crippen molar-refractivity contribution in [1.82, 2.24) is 85.4 Å². The number of sulfone groups is 1. The lowest BCUT2D eigenvalue weighted by Gasteiger charge is -2.32. The van der Waals surface area contributed by atoms with E-state index in [0.29, 0.717) is 100 Å². The number of thiophene rings is 3. The molecule has 1 aliphatic rings. The molecule has 11 aromatic heterocycles. The largest absolute Gasteiger partial charge is 0.505 e. The van der Waals surface area contributed by atoms with Gasteiger partial charge < -0.3 is 31.0 Å². The fraction of sp³-hybridized carbons (Fsp3) is 0.459. The molecule has 0 aliphatic carbocycles. The van der Waals surface area contributed by atoms with Crippen LogP contribution in [-0.2, 0) is 60.9 Å². The summed E-state index contributed by atoms with van der Waals surface area (Å²) in [6, 6.07) is 17.3. The predicted molar refractivity (Wildman–Crippen MR) is 516 cm³/mol. The quantitative estimate of drug-likeness (QED) is 0.0275. The Bertz CT molecular complexity index is 5580. The molecule has 30 nitrogen and oxygen atoms in total. The zero-order valence-corrected chi connectivity index (χ0v) is 85.9. The van der Waals surface area contributed by atoms with Crippen LogP contribution in [0.15, 0.2) is 112 Å². The second kappa shape index (κ2) is 44.7. The molecule has 48 heteroatoms. The average Bonchev–Trinajstić information content (AvgIpc) is 1.67. The first kappa shape index (κ1) is 109. The first-order valence-corrected chi connectivity index (χ1v) is 48.9. The molecule has 0 spiro atoms. The molecular weight excluding hydrogens is 2030 g/mol. The fourth-order valence-corrected chi connectivity index (χ4v) is 18.3. The molecule has 0 amide bonds. The Hall–Kier alpha value is -5.25. The second-order valence-corrected chi connectivity index (χ2v) is 48.4. The van der Waals surface area contributed by atoms with E-state index in [-0.39, 0.29) is 48.7 Å². The summed E-state index contributed by atoms with van der Waals surface area (Å²) in [7, 11) is -11.2. The molecule has 0 aromatic carbocycles. The van der Waals surface area contributed by atoms with Gasteiger partial charge in [0.15, 0.2) is 65.9 Å². The molecule has 0 unspecified atom stereocenters. The van der Waals surface area contributed by atoms with Crippen molar-refractivity contribution in [3.05, 3.63) is 142 Å². The summed E-state index contributed by atoms with van der Waals surface area (Å²) in [6.45, 7) is 48.2. The average molecular weight is 2130 g/mol. The number of nitrogen functional groups attached to an aromatic ring is 1. The van der Waals surface area contributed by atoms with Gasteiger partial charge in [-0.05, 0) is 132 Å². The maximum absolute atomic E-state index is 12.7.